The Bertz CT molecular complexity index is 788. The maximum Gasteiger partial charge on any atom is 0.298 e. The summed E-state index contributed by atoms with van der Waals surface area (Å²) in [6.45, 7) is 2.44. The predicted octanol–water partition coefficient (Wildman–Crippen LogP) is 4.31. The van der Waals surface area contributed by atoms with Crippen molar-refractivity contribution < 1.29 is 9.53 Å². The fourth-order valence-corrected chi connectivity index (χ4v) is 2.95. The van der Waals surface area contributed by atoms with Gasteiger partial charge in [0.1, 0.15) is 10.8 Å². The lowest BCUT2D eigenvalue weighted by Gasteiger charge is -2.03. The Hall–Kier alpha value is -2.46. The summed E-state index contributed by atoms with van der Waals surface area (Å²) in [5, 5.41) is 0.926. The third kappa shape index (κ3) is 3.01. The predicted molar refractivity (Wildman–Crippen MR) is 86.4 cm³/mol. The number of ether oxygens (including phenoxy) is 1. The van der Waals surface area contributed by atoms with Crippen molar-refractivity contribution in [2.75, 3.05) is 0 Å². The number of nitrogens with zero attached hydrogens (tertiary/aromatic N) is 1. The molecule has 3 rings (SSSR count). The molecule has 0 N–H and O–H groups in total. The van der Waals surface area contributed by atoms with Crippen LogP contribution in [-0.2, 0) is 4.79 Å². The van der Waals surface area contributed by atoms with Crippen LogP contribution in [0, 0.1) is 6.92 Å². The minimum absolute atomic E-state index is 0.444. The minimum atomic E-state index is 0.444. The van der Waals surface area contributed by atoms with E-state index >= 15 is 0 Å². The summed E-state index contributed by atoms with van der Waals surface area (Å²) in [6.07, 6.45) is 3.86. The molecule has 3 aromatic rings. The van der Waals surface area contributed by atoms with Crippen LogP contribution >= 0.6 is 11.3 Å². The van der Waals surface area contributed by atoms with E-state index in [1.54, 1.807) is 17.4 Å². The van der Waals surface area contributed by atoms with Gasteiger partial charge in [0.25, 0.3) is 6.47 Å². The van der Waals surface area contributed by atoms with Crippen LogP contribution in [0.1, 0.15) is 16.1 Å². The van der Waals surface area contributed by atoms with E-state index < -0.39 is 0 Å². The van der Waals surface area contributed by atoms with Gasteiger partial charge in [-0.3, -0.25) is 4.79 Å². The summed E-state index contributed by atoms with van der Waals surface area (Å²) < 4.78 is 6.15. The highest BCUT2D eigenvalue weighted by atomic mass is 32.1. The van der Waals surface area contributed by atoms with Crippen LogP contribution in [0.3, 0.4) is 0 Å². The first-order chi connectivity index (χ1) is 10.3. The van der Waals surface area contributed by atoms with E-state index in [-0.39, 0.29) is 0 Å². The number of hydrogen-bond acceptors (Lipinski definition) is 4. The molecule has 3 nitrogen and oxygen atoms in total. The van der Waals surface area contributed by atoms with Crippen molar-refractivity contribution in [3.8, 4) is 5.75 Å². The Kier molecular flexibility index (Phi) is 3.79. The summed E-state index contributed by atoms with van der Waals surface area (Å²) in [7, 11) is 0. The molecule has 21 heavy (non-hydrogen) atoms. The third-order valence-corrected chi connectivity index (χ3v) is 4.06. The molecular weight excluding hydrogens is 282 g/mol. The molecule has 4 heteroatoms. The summed E-state index contributed by atoms with van der Waals surface area (Å²) >= 11 is 1.63. The van der Waals surface area contributed by atoms with Crippen LogP contribution in [0.5, 0.6) is 5.75 Å². The van der Waals surface area contributed by atoms with Crippen LogP contribution in [0.15, 0.2) is 42.5 Å². The Labute approximate surface area is 126 Å². The first-order valence-electron chi connectivity index (χ1n) is 6.51. The quantitative estimate of drug-likeness (QED) is 0.673. The first-order valence-corrected chi connectivity index (χ1v) is 7.32. The zero-order valence-corrected chi connectivity index (χ0v) is 12.3. The van der Waals surface area contributed by atoms with Crippen LogP contribution in [0.25, 0.3) is 22.4 Å². The van der Waals surface area contributed by atoms with Crippen LogP contribution < -0.4 is 4.74 Å². The molecule has 0 spiro atoms. The van der Waals surface area contributed by atoms with Gasteiger partial charge in [-0.25, -0.2) is 4.98 Å². The number of aromatic nitrogens is 1. The molecule has 104 valence electrons. The minimum Gasteiger partial charge on any atom is -0.428 e. The van der Waals surface area contributed by atoms with E-state index in [0.29, 0.717) is 12.2 Å². The number of hydrogen-bond donors (Lipinski definition) is 0. The molecule has 0 saturated heterocycles. The molecule has 0 bridgehead atoms. The van der Waals surface area contributed by atoms with Gasteiger partial charge in [-0.2, -0.15) is 0 Å². The molecule has 2 aromatic carbocycles. The highest BCUT2D eigenvalue weighted by Crippen LogP contribution is 2.25. The summed E-state index contributed by atoms with van der Waals surface area (Å²) in [5.41, 5.74) is 2.97. The molecule has 0 aliphatic heterocycles. The molecule has 0 aliphatic rings. The van der Waals surface area contributed by atoms with E-state index in [1.807, 2.05) is 49.4 Å². The zero-order chi connectivity index (χ0) is 14.7. The Morgan fingerprint density at radius 3 is 2.81 bits per heavy atom. The summed E-state index contributed by atoms with van der Waals surface area (Å²) in [4.78, 5) is 15.1. The number of thiazole rings is 1. The standard InChI is InChI=1S/C17H13NO2S/c1-12-6-8-15(20-11-19)13(10-12)7-9-17-18-14-4-2-3-5-16(14)21-17/h2-11H,1H3/b9-7+. The second-order valence-electron chi connectivity index (χ2n) is 4.61. The maximum atomic E-state index is 10.5. The fraction of sp³-hybridized carbons (Fsp3) is 0.0588. The number of fused-ring (bicyclic) bond motifs is 1. The molecule has 0 saturated carbocycles. The molecule has 0 amide bonds. The Balaban J connectivity index is 1.94. The monoisotopic (exact) mass is 295 g/mol. The number of benzene rings is 2. The lowest BCUT2D eigenvalue weighted by molar-refractivity contribution is -0.120. The number of aryl methyl sites for hydroxylation is 1. The normalized spacial score (nSPS) is 11.1. The van der Waals surface area contributed by atoms with Gasteiger partial charge < -0.3 is 4.74 Å². The average molecular weight is 295 g/mol. The second-order valence-corrected chi connectivity index (χ2v) is 5.67. The van der Waals surface area contributed by atoms with Gasteiger partial charge in [0.05, 0.1) is 10.2 Å². The molecule has 1 heterocycles. The molecule has 0 fully saturated rings. The Morgan fingerprint density at radius 1 is 1.14 bits per heavy atom. The molecule has 0 radical (unpaired) electrons. The van der Waals surface area contributed by atoms with Crippen LogP contribution in [0.4, 0.5) is 0 Å². The van der Waals surface area contributed by atoms with Crippen molar-refractivity contribution in [1.29, 1.82) is 0 Å². The third-order valence-electron chi connectivity index (χ3n) is 3.06. The fourth-order valence-electron chi connectivity index (χ4n) is 2.08. The van der Waals surface area contributed by atoms with Crippen LogP contribution in [-0.4, -0.2) is 11.5 Å². The van der Waals surface area contributed by atoms with E-state index in [1.165, 1.54) is 0 Å². The van der Waals surface area contributed by atoms with Crippen molar-refractivity contribution in [3.63, 3.8) is 0 Å². The SMILES string of the molecule is Cc1ccc(OC=O)c(/C=C/c2nc3ccccc3s2)c1. The van der Waals surface area contributed by atoms with Crippen molar-refractivity contribution in [2.45, 2.75) is 6.92 Å². The number of para-hydroxylation sites is 1. The van der Waals surface area contributed by atoms with Crippen LogP contribution in [0.2, 0.25) is 0 Å². The highest BCUT2D eigenvalue weighted by Gasteiger charge is 2.03. The maximum absolute atomic E-state index is 10.5. The van der Waals surface area contributed by atoms with Gasteiger partial charge in [0, 0.05) is 5.56 Å². The van der Waals surface area contributed by atoms with E-state index in [0.717, 1.165) is 26.4 Å². The van der Waals surface area contributed by atoms with Crippen molar-refractivity contribution in [3.05, 3.63) is 58.6 Å². The largest absolute Gasteiger partial charge is 0.428 e. The molecule has 0 unspecified atom stereocenters. The lowest BCUT2D eigenvalue weighted by Crippen LogP contribution is -1.91. The van der Waals surface area contributed by atoms with Crippen molar-refractivity contribution in [2.24, 2.45) is 0 Å². The van der Waals surface area contributed by atoms with Gasteiger partial charge in [-0.15, -0.1) is 11.3 Å². The topological polar surface area (TPSA) is 39.2 Å². The number of carbonyl (C=O) groups excluding carboxylic acids is 1. The summed E-state index contributed by atoms with van der Waals surface area (Å²) in [5.74, 6) is 0.549. The van der Waals surface area contributed by atoms with E-state index in [9.17, 15) is 4.79 Å². The molecule has 0 atom stereocenters. The number of carbonyl (C=O) groups is 1. The smallest absolute Gasteiger partial charge is 0.298 e. The van der Waals surface area contributed by atoms with Gasteiger partial charge in [0.15, 0.2) is 0 Å². The average Bonchev–Trinajstić information content (AvgIpc) is 2.90. The van der Waals surface area contributed by atoms with Crippen molar-refractivity contribution in [1.82, 2.24) is 4.98 Å². The Morgan fingerprint density at radius 2 is 2.00 bits per heavy atom. The van der Waals surface area contributed by atoms with Gasteiger partial charge in [-0.05, 0) is 43.3 Å². The van der Waals surface area contributed by atoms with Gasteiger partial charge in [-0.1, -0.05) is 23.8 Å². The number of rotatable bonds is 4. The van der Waals surface area contributed by atoms with Gasteiger partial charge in [0.2, 0.25) is 0 Å². The van der Waals surface area contributed by atoms with Gasteiger partial charge >= 0.3 is 0 Å². The molecular formula is C17H13NO2S. The summed E-state index contributed by atoms with van der Waals surface area (Å²) in [6, 6.07) is 13.7. The zero-order valence-electron chi connectivity index (χ0n) is 11.4. The van der Waals surface area contributed by atoms with Crippen molar-refractivity contribution >= 4 is 40.2 Å². The lowest BCUT2D eigenvalue weighted by atomic mass is 10.1. The van der Waals surface area contributed by atoms with E-state index in [4.69, 9.17) is 4.74 Å². The molecule has 1 aromatic heterocycles. The molecule has 0 aliphatic carbocycles. The highest BCUT2D eigenvalue weighted by molar-refractivity contribution is 7.19. The van der Waals surface area contributed by atoms with E-state index in [2.05, 4.69) is 11.1 Å². The first kappa shape index (κ1) is 13.5. The second kappa shape index (κ2) is 5.89.